The van der Waals surface area contributed by atoms with E-state index in [0.29, 0.717) is 18.3 Å². The number of halogens is 2. The lowest BCUT2D eigenvalue weighted by Gasteiger charge is -2.24. The Kier molecular flexibility index (Phi) is 4.44. The molecule has 0 aromatic heterocycles. The Morgan fingerprint density at radius 1 is 1.22 bits per heavy atom. The van der Waals surface area contributed by atoms with Crippen molar-refractivity contribution in [1.29, 1.82) is 0 Å². The van der Waals surface area contributed by atoms with Crippen LogP contribution < -0.4 is 0 Å². The lowest BCUT2D eigenvalue weighted by atomic mass is 9.85. The lowest BCUT2D eigenvalue weighted by molar-refractivity contribution is 0.0511. The van der Waals surface area contributed by atoms with Crippen LogP contribution in [0.2, 0.25) is 0 Å². The number of hydrogen-bond donors (Lipinski definition) is 0. The van der Waals surface area contributed by atoms with E-state index in [1.807, 2.05) is 12.1 Å². The third kappa shape index (κ3) is 2.77. The minimum absolute atomic E-state index is 0.116. The van der Waals surface area contributed by atoms with Crippen LogP contribution in [0, 0.1) is 17.7 Å². The molecule has 0 spiro atoms. The molecular formula is C15H20BrFO. The third-order valence-electron chi connectivity index (χ3n) is 4.11. The van der Waals surface area contributed by atoms with Crippen LogP contribution in [-0.4, -0.2) is 17.0 Å². The van der Waals surface area contributed by atoms with Crippen LogP contribution in [0.1, 0.15) is 26.3 Å². The second kappa shape index (κ2) is 5.70. The van der Waals surface area contributed by atoms with Gasteiger partial charge >= 0.3 is 0 Å². The highest BCUT2D eigenvalue weighted by molar-refractivity contribution is 9.09. The van der Waals surface area contributed by atoms with E-state index < -0.39 is 0 Å². The maximum absolute atomic E-state index is 13.7. The molecule has 0 bridgehead atoms. The molecular weight excluding hydrogens is 295 g/mol. The van der Waals surface area contributed by atoms with Crippen molar-refractivity contribution in [1.82, 2.24) is 0 Å². The molecule has 3 heteroatoms. The molecule has 1 saturated heterocycles. The Labute approximate surface area is 117 Å². The molecule has 2 rings (SSSR count). The van der Waals surface area contributed by atoms with E-state index in [4.69, 9.17) is 4.74 Å². The van der Waals surface area contributed by atoms with Crippen LogP contribution in [0.4, 0.5) is 4.39 Å². The van der Waals surface area contributed by atoms with E-state index in [2.05, 4.69) is 36.7 Å². The summed E-state index contributed by atoms with van der Waals surface area (Å²) in [5.74, 6) is 0.810. The summed E-state index contributed by atoms with van der Waals surface area (Å²) in [6.45, 7) is 6.44. The summed E-state index contributed by atoms with van der Waals surface area (Å²) >= 11 is 3.74. The van der Waals surface area contributed by atoms with Gasteiger partial charge in [-0.05, 0) is 37.8 Å². The van der Waals surface area contributed by atoms with Crippen LogP contribution in [0.25, 0.3) is 0 Å². The van der Waals surface area contributed by atoms with Gasteiger partial charge in [0.05, 0.1) is 12.2 Å². The lowest BCUT2D eigenvalue weighted by Crippen LogP contribution is -2.28. The van der Waals surface area contributed by atoms with Gasteiger partial charge in [-0.15, -0.1) is 0 Å². The normalized spacial score (nSPS) is 33.6. The Balaban J connectivity index is 2.08. The van der Waals surface area contributed by atoms with E-state index in [9.17, 15) is 4.39 Å². The summed E-state index contributed by atoms with van der Waals surface area (Å²) in [5.41, 5.74) is 0.776. The molecule has 1 fully saturated rings. The Hall–Kier alpha value is -0.410. The fourth-order valence-corrected chi connectivity index (χ4v) is 4.19. The van der Waals surface area contributed by atoms with Gasteiger partial charge in [-0.3, -0.25) is 0 Å². The molecule has 100 valence electrons. The maximum atomic E-state index is 13.7. The van der Waals surface area contributed by atoms with Crippen LogP contribution >= 0.6 is 15.9 Å². The topological polar surface area (TPSA) is 9.23 Å². The van der Waals surface area contributed by atoms with Gasteiger partial charge in [0.2, 0.25) is 0 Å². The molecule has 0 aliphatic carbocycles. The summed E-state index contributed by atoms with van der Waals surface area (Å²) in [5, 5.41) is 0. The van der Waals surface area contributed by atoms with Crippen molar-refractivity contribution in [3.8, 4) is 0 Å². The highest BCUT2D eigenvalue weighted by atomic mass is 79.9. The molecule has 0 amide bonds. The van der Waals surface area contributed by atoms with Crippen LogP contribution in [0.15, 0.2) is 24.3 Å². The van der Waals surface area contributed by atoms with Gasteiger partial charge in [0.25, 0.3) is 0 Å². The van der Waals surface area contributed by atoms with Gasteiger partial charge in [-0.1, -0.05) is 41.1 Å². The predicted molar refractivity (Wildman–Crippen MR) is 75.5 cm³/mol. The van der Waals surface area contributed by atoms with Crippen molar-refractivity contribution in [2.24, 2.45) is 11.8 Å². The van der Waals surface area contributed by atoms with E-state index in [-0.39, 0.29) is 22.9 Å². The molecule has 1 heterocycles. The highest BCUT2D eigenvalue weighted by Crippen LogP contribution is 2.38. The molecule has 18 heavy (non-hydrogen) atoms. The van der Waals surface area contributed by atoms with E-state index in [1.165, 1.54) is 6.07 Å². The van der Waals surface area contributed by atoms with Crippen LogP contribution in [0.3, 0.4) is 0 Å². The molecule has 5 atom stereocenters. The zero-order chi connectivity index (χ0) is 13.3. The van der Waals surface area contributed by atoms with E-state index >= 15 is 0 Å². The van der Waals surface area contributed by atoms with Crippen molar-refractivity contribution in [3.63, 3.8) is 0 Å². The highest BCUT2D eigenvalue weighted by Gasteiger charge is 2.40. The summed E-state index contributed by atoms with van der Waals surface area (Å²) in [4.78, 5) is 0.254. The molecule has 1 nitrogen and oxygen atoms in total. The van der Waals surface area contributed by atoms with E-state index in [1.54, 1.807) is 6.07 Å². The fraction of sp³-hybridized carbons (Fsp3) is 0.600. The first-order valence-corrected chi connectivity index (χ1v) is 7.45. The Morgan fingerprint density at radius 3 is 2.44 bits per heavy atom. The minimum Gasteiger partial charge on any atom is -0.375 e. The minimum atomic E-state index is -0.116. The summed E-state index contributed by atoms with van der Waals surface area (Å²) in [6, 6.07) is 7.00. The second-order valence-corrected chi connectivity index (χ2v) is 6.47. The van der Waals surface area contributed by atoms with Crippen molar-refractivity contribution in [2.45, 2.75) is 44.2 Å². The number of alkyl halides is 1. The van der Waals surface area contributed by atoms with Crippen molar-refractivity contribution >= 4 is 15.9 Å². The van der Waals surface area contributed by atoms with Gasteiger partial charge < -0.3 is 4.74 Å². The first kappa shape index (κ1) is 14.0. The molecule has 1 aromatic rings. The molecule has 0 N–H and O–H groups in total. The SMILES string of the molecule is CC1OC(C)C(C(Br)Cc2ccccc2F)C1C. The molecule has 1 aliphatic rings. The molecule has 0 saturated carbocycles. The third-order valence-corrected chi connectivity index (χ3v) is 5.04. The van der Waals surface area contributed by atoms with Crippen LogP contribution in [-0.2, 0) is 11.2 Å². The predicted octanol–water partition coefficient (Wildman–Crippen LogP) is 4.19. The second-order valence-electron chi connectivity index (χ2n) is 5.29. The molecule has 0 radical (unpaired) electrons. The van der Waals surface area contributed by atoms with Gasteiger partial charge in [0.15, 0.2) is 0 Å². The largest absolute Gasteiger partial charge is 0.375 e. The van der Waals surface area contributed by atoms with Crippen molar-refractivity contribution in [2.75, 3.05) is 0 Å². The Morgan fingerprint density at radius 2 is 1.89 bits per heavy atom. The first-order chi connectivity index (χ1) is 8.50. The van der Waals surface area contributed by atoms with Crippen molar-refractivity contribution in [3.05, 3.63) is 35.6 Å². The van der Waals surface area contributed by atoms with Gasteiger partial charge in [-0.2, -0.15) is 0 Å². The molecule has 1 aliphatic heterocycles. The number of rotatable bonds is 3. The summed E-state index contributed by atoms with van der Waals surface area (Å²) in [7, 11) is 0. The number of hydrogen-bond acceptors (Lipinski definition) is 1. The zero-order valence-electron chi connectivity index (χ0n) is 11.1. The first-order valence-electron chi connectivity index (χ1n) is 6.53. The summed E-state index contributed by atoms with van der Waals surface area (Å²) < 4.78 is 19.5. The Bertz CT molecular complexity index is 409. The average Bonchev–Trinajstić information content (AvgIpc) is 2.56. The summed E-state index contributed by atoms with van der Waals surface area (Å²) in [6.07, 6.45) is 1.22. The van der Waals surface area contributed by atoms with Gasteiger partial charge in [0.1, 0.15) is 5.82 Å². The standard InChI is InChI=1S/C15H20BrFO/c1-9-10(2)18-11(3)15(9)13(16)8-12-6-4-5-7-14(12)17/h4-7,9-11,13,15H,8H2,1-3H3. The van der Waals surface area contributed by atoms with Gasteiger partial charge in [-0.25, -0.2) is 4.39 Å². The molecule has 1 aromatic carbocycles. The molecule has 5 unspecified atom stereocenters. The van der Waals surface area contributed by atoms with Crippen LogP contribution in [0.5, 0.6) is 0 Å². The average molecular weight is 315 g/mol. The zero-order valence-corrected chi connectivity index (χ0v) is 12.7. The maximum Gasteiger partial charge on any atom is 0.126 e. The number of ether oxygens (including phenoxy) is 1. The fourth-order valence-electron chi connectivity index (χ4n) is 2.93. The van der Waals surface area contributed by atoms with E-state index in [0.717, 1.165) is 5.56 Å². The van der Waals surface area contributed by atoms with Crippen molar-refractivity contribution < 1.29 is 9.13 Å². The van der Waals surface area contributed by atoms with Gasteiger partial charge in [0, 0.05) is 10.7 Å². The quantitative estimate of drug-likeness (QED) is 0.760. The smallest absolute Gasteiger partial charge is 0.126 e. The number of benzene rings is 1. The monoisotopic (exact) mass is 314 g/mol.